The Morgan fingerprint density at radius 2 is 1.81 bits per heavy atom. The molecular weight excluding hydrogens is 206 g/mol. The molecule has 94 valence electrons. The van der Waals surface area contributed by atoms with Crippen molar-refractivity contribution in [2.24, 2.45) is 0 Å². The van der Waals surface area contributed by atoms with Crippen molar-refractivity contribution in [3.8, 4) is 0 Å². The number of amides is 2. The molecule has 0 saturated carbocycles. The van der Waals surface area contributed by atoms with Gasteiger partial charge in [-0.05, 0) is 33.7 Å². The molecule has 16 heavy (non-hydrogen) atoms. The number of carbonyl (C=O) groups excluding carboxylic acids is 2. The highest BCUT2D eigenvalue weighted by Gasteiger charge is 2.12. The summed E-state index contributed by atoms with van der Waals surface area (Å²) in [7, 11) is 1.62. The van der Waals surface area contributed by atoms with Crippen LogP contribution in [0.2, 0.25) is 0 Å². The molecule has 0 spiro atoms. The van der Waals surface area contributed by atoms with Gasteiger partial charge in [-0.15, -0.1) is 0 Å². The van der Waals surface area contributed by atoms with E-state index in [1.165, 1.54) is 0 Å². The standard InChI is InChI=1S/C11H23N3O2/c1-8(2)14-11(16)9(3)13-7-5-6-10(15)12-4/h8-9,13H,5-7H2,1-4H3,(H,12,15)(H,14,16). The van der Waals surface area contributed by atoms with Crippen molar-refractivity contribution in [1.82, 2.24) is 16.0 Å². The summed E-state index contributed by atoms with van der Waals surface area (Å²) in [5.74, 6) is 0.0241. The van der Waals surface area contributed by atoms with E-state index in [0.717, 1.165) is 6.42 Å². The second-order valence-electron chi connectivity index (χ2n) is 4.12. The average molecular weight is 229 g/mol. The Balaban J connectivity index is 3.61. The maximum Gasteiger partial charge on any atom is 0.237 e. The first kappa shape index (κ1) is 14.9. The molecule has 1 atom stereocenters. The zero-order valence-electron chi connectivity index (χ0n) is 10.6. The van der Waals surface area contributed by atoms with Crippen LogP contribution >= 0.6 is 0 Å². The summed E-state index contributed by atoms with van der Waals surface area (Å²) in [4.78, 5) is 22.4. The number of hydrogen-bond donors (Lipinski definition) is 3. The number of rotatable bonds is 7. The van der Waals surface area contributed by atoms with Gasteiger partial charge in [0.25, 0.3) is 0 Å². The van der Waals surface area contributed by atoms with Crippen LogP contribution < -0.4 is 16.0 Å². The summed E-state index contributed by atoms with van der Waals surface area (Å²) in [6.45, 7) is 6.34. The van der Waals surface area contributed by atoms with E-state index in [0.29, 0.717) is 13.0 Å². The summed E-state index contributed by atoms with van der Waals surface area (Å²) in [5.41, 5.74) is 0. The van der Waals surface area contributed by atoms with Gasteiger partial charge < -0.3 is 16.0 Å². The second-order valence-corrected chi connectivity index (χ2v) is 4.12. The molecule has 0 radical (unpaired) electrons. The lowest BCUT2D eigenvalue weighted by molar-refractivity contribution is -0.123. The van der Waals surface area contributed by atoms with Gasteiger partial charge in [0, 0.05) is 19.5 Å². The first-order chi connectivity index (χ1) is 7.47. The fraction of sp³-hybridized carbons (Fsp3) is 0.818. The number of hydrogen-bond acceptors (Lipinski definition) is 3. The molecule has 3 N–H and O–H groups in total. The molecule has 0 bridgehead atoms. The molecule has 1 unspecified atom stereocenters. The highest BCUT2D eigenvalue weighted by Crippen LogP contribution is 1.90. The average Bonchev–Trinajstić information content (AvgIpc) is 2.22. The lowest BCUT2D eigenvalue weighted by atomic mass is 10.2. The normalized spacial score (nSPS) is 12.3. The van der Waals surface area contributed by atoms with Crippen LogP contribution in [0.1, 0.15) is 33.6 Å². The first-order valence-corrected chi connectivity index (χ1v) is 5.71. The maximum atomic E-state index is 11.5. The molecule has 2 amide bonds. The van der Waals surface area contributed by atoms with Gasteiger partial charge in [0.2, 0.25) is 11.8 Å². The van der Waals surface area contributed by atoms with Gasteiger partial charge in [0.15, 0.2) is 0 Å². The van der Waals surface area contributed by atoms with E-state index >= 15 is 0 Å². The Labute approximate surface area is 97.4 Å². The van der Waals surface area contributed by atoms with E-state index in [9.17, 15) is 9.59 Å². The van der Waals surface area contributed by atoms with Crippen LogP contribution in [0.25, 0.3) is 0 Å². The molecular formula is C11H23N3O2. The highest BCUT2D eigenvalue weighted by atomic mass is 16.2. The largest absolute Gasteiger partial charge is 0.359 e. The van der Waals surface area contributed by atoms with Crippen LogP contribution in [-0.2, 0) is 9.59 Å². The molecule has 0 aromatic heterocycles. The van der Waals surface area contributed by atoms with Crippen molar-refractivity contribution in [1.29, 1.82) is 0 Å². The van der Waals surface area contributed by atoms with Gasteiger partial charge in [0.1, 0.15) is 0 Å². The first-order valence-electron chi connectivity index (χ1n) is 5.71. The molecule has 0 aromatic carbocycles. The lowest BCUT2D eigenvalue weighted by Crippen LogP contribution is -2.45. The Morgan fingerprint density at radius 3 is 2.31 bits per heavy atom. The number of carbonyl (C=O) groups is 2. The van der Waals surface area contributed by atoms with Crippen molar-refractivity contribution >= 4 is 11.8 Å². The minimum Gasteiger partial charge on any atom is -0.359 e. The lowest BCUT2D eigenvalue weighted by Gasteiger charge is -2.15. The van der Waals surface area contributed by atoms with Gasteiger partial charge in [-0.1, -0.05) is 0 Å². The van der Waals surface area contributed by atoms with E-state index in [-0.39, 0.29) is 23.9 Å². The van der Waals surface area contributed by atoms with Gasteiger partial charge in [-0.3, -0.25) is 9.59 Å². The van der Waals surface area contributed by atoms with Crippen LogP contribution in [0.5, 0.6) is 0 Å². The third-order valence-corrected chi connectivity index (χ3v) is 2.13. The Hall–Kier alpha value is -1.10. The van der Waals surface area contributed by atoms with Crippen LogP contribution in [-0.4, -0.2) is 37.5 Å². The zero-order chi connectivity index (χ0) is 12.6. The quantitative estimate of drug-likeness (QED) is 0.539. The molecule has 0 fully saturated rings. The van der Waals surface area contributed by atoms with Crippen LogP contribution in [0, 0.1) is 0 Å². The topological polar surface area (TPSA) is 70.2 Å². The van der Waals surface area contributed by atoms with E-state index < -0.39 is 0 Å². The van der Waals surface area contributed by atoms with Gasteiger partial charge in [-0.2, -0.15) is 0 Å². The minimum atomic E-state index is -0.216. The fourth-order valence-corrected chi connectivity index (χ4v) is 1.19. The predicted octanol–water partition coefficient (Wildman–Crippen LogP) is 0.0153. The summed E-state index contributed by atoms with van der Waals surface area (Å²) in [6.07, 6.45) is 1.22. The molecule has 0 aromatic rings. The summed E-state index contributed by atoms with van der Waals surface area (Å²) >= 11 is 0. The van der Waals surface area contributed by atoms with Crippen molar-refractivity contribution in [3.05, 3.63) is 0 Å². The van der Waals surface area contributed by atoms with Crippen LogP contribution in [0.15, 0.2) is 0 Å². The van der Waals surface area contributed by atoms with Crippen LogP contribution in [0.3, 0.4) is 0 Å². The Morgan fingerprint density at radius 1 is 1.19 bits per heavy atom. The van der Waals surface area contributed by atoms with Gasteiger partial charge >= 0.3 is 0 Å². The summed E-state index contributed by atoms with van der Waals surface area (Å²) < 4.78 is 0. The predicted molar refractivity (Wildman–Crippen MR) is 64.0 cm³/mol. The minimum absolute atomic E-state index is 0.00468. The smallest absolute Gasteiger partial charge is 0.237 e. The Kier molecular flexibility index (Phi) is 7.54. The molecule has 0 aliphatic carbocycles. The third-order valence-electron chi connectivity index (χ3n) is 2.13. The summed E-state index contributed by atoms with van der Waals surface area (Å²) in [5, 5.41) is 8.45. The molecule has 5 heteroatoms. The van der Waals surface area contributed by atoms with Crippen LogP contribution in [0.4, 0.5) is 0 Å². The monoisotopic (exact) mass is 229 g/mol. The molecule has 5 nitrogen and oxygen atoms in total. The van der Waals surface area contributed by atoms with E-state index in [1.807, 2.05) is 20.8 Å². The third kappa shape index (κ3) is 7.23. The van der Waals surface area contributed by atoms with E-state index in [4.69, 9.17) is 0 Å². The molecule has 0 saturated heterocycles. The molecule has 0 rings (SSSR count). The number of nitrogens with one attached hydrogen (secondary N) is 3. The van der Waals surface area contributed by atoms with E-state index in [2.05, 4.69) is 16.0 Å². The summed E-state index contributed by atoms with van der Waals surface area (Å²) in [6, 6.07) is -0.0605. The van der Waals surface area contributed by atoms with Crippen molar-refractivity contribution in [2.45, 2.75) is 45.7 Å². The zero-order valence-corrected chi connectivity index (χ0v) is 10.6. The van der Waals surface area contributed by atoms with Crippen molar-refractivity contribution in [3.63, 3.8) is 0 Å². The molecule has 0 aliphatic rings. The van der Waals surface area contributed by atoms with Crippen molar-refractivity contribution < 1.29 is 9.59 Å². The molecule has 0 heterocycles. The fourth-order valence-electron chi connectivity index (χ4n) is 1.19. The van der Waals surface area contributed by atoms with Gasteiger partial charge in [0.05, 0.1) is 6.04 Å². The maximum absolute atomic E-state index is 11.5. The van der Waals surface area contributed by atoms with Gasteiger partial charge in [-0.25, -0.2) is 0 Å². The van der Waals surface area contributed by atoms with Crippen molar-refractivity contribution in [2.75, 3.05) is 13.6 Å². The highest BCUT2D eigenvalue weighted by molar-refractivity contribution is 5.81. The Bertz CT molecular complexity index is 229. The van der Waals surface area contributed by atoms with E-state index in [1.54, 1.807) is 7.05 Å². The second kappa shape index (κ2) is 8.10. The molecule has 0 aliphatic heterocycles. The SMILES string of the molecule is CNC(=O)CCCNC(C)C(=O)NC(C)C.